The summed E-state index contributed by atoms with van der Waals surface area (Å²) in [4.78, 5) is 16.0. The minimum absolute atomic E-state index is 0.0282. The predicted octanol–water partition coefficient (Wildman–Crippen LogP) is -0.418. The Balaban J connectivity index is 1.93. The lowest BCUT2D eigenvalue weighted by atomic mass is 10.3. The third-order valence-corrected chi connectivity index (χ3v) is 2.74. The van der Waals surface area contributed by atoms with Crippen LogP contribution in [0.25, 0.3) is 0 Å². The third kappa shape index (κ3) is 2.15. The van der Waals surface area contributed by atoms with Gasteiger partial charge in [-0.2, -0.15) is 15.4 Å². The summed E-state index contributed by atoms with van der Waals surface area (Å²) < 4.78 is 0. The van der Waals surface area contributed by atoms with Gasteiger partial charge in [-0.15, -0.1) is 0 Å². The highest BCUT2D eigenvalue weighted by molar-refractivity contribution is 5.91. The zero-order chi connectivity index (χ0) is 10.7. The summed E-state index contributed by atoms with van der Waals surface area (Å²) in [5, 5.41) is 9.88. The van der Waals surface area contributed by atoms with Gasteiger partial charge in [-0.3, -0.25) is 4.79 Å². The molecule has 0 atom stereocenters. The lowest BCUT2D eigenvalue weighted by Gasteiger charge is -2.33. The van der Waals surface area contributed by atoms with E-state index in [1.807, 2.05) is 4.90 Å². The Morgan fingerprint density at radius 2 is 2.20 bits per heavy atom. The lowest BCUT2D eigenvalue weighted by molar-refractivity contribution is 0.0637. The van der Waals surface area contributed by atoms with Crippen LogP contribution in [-0.4, -0.2) is 63.8 Å². The summed E-state index contributed by atoms with van der Waals surface area (Å²) in [5.41, 5.74) is 0.403. The van der Waals surface area contributed by atoms with E-state index >= 15 is 0 Å². The quantitative estimate of drug-likeness (QED) is 0.718. The molecule has 2 heterocycles. The number of nitrogens with one attached hydrogen (secondary N) is 1. The van der Waals surface area contributed by atoms with Crippen molar-refractivity contribution < 1.29 is 4.79 Å². The molecule has 15 heavy (non-hydrogen) atoms. The molecule has 0 spiro atoms. The number of rotatable bonds is 2. The first-order valence-electron chi connectivity index (χ1n) is 5.18. The van der Waals surface area contributed by atoms with Crippen LogP contribution in [0.4, 0.5) is 0 Å². The Hall–Kier alpha value is -1.43. The highest BCUT2D eigenvalue weighted by Crippen LogP contribution is 2.05. The van der Waals surface area contributed by atoms with Gasteiger partial charge >= 0.3 is 0 Å². The first kappa shape index (κ1) is 10.1. The Bertz CT molecular complexity index is 315. The molecule has 0 unspecified atom stereocenters. The second kappa shape index (κ2) is 4.39. The number of piperazine rings is 1. The van der Waals surface area contributed by atoms with Crippen molar-refractivity contribution in [1.82, 2.24) is 25.2 Å². The van der Waals surface area contributed by atoms with E-state index in [0.29, 0.717) is 5.69 Å². The summed E-state index contributed by atoms with van der Waals surface area (Å²) in [7, 11) is 0. The molecule has 0 bridgehead atoms. The first-order valence-corrected chi connectivity index (χ1v) is 5.18. The smallest absolute Gasteiger partial charge is 0.276 e. The van der Waals surface area contributed by atoms with E-state index in [2.05, 4.69) is 27.2 Å². The number of hydrogen-bond donors (Lipinski definition) is 1. The molecule has 1 N–H and O–H groups in total. The predicted molar refractivity (Wildman–Crippen MR) is 54.4 cm³/mol. The van der Waals surface area contributed by atoms with E-state index in [1.54, 1.807) is 0 Å². The molecule has 0 aromatic carbocycles. The van der Waals surface area contributed by atoms with Gasteiger partial charge in [0.05, 0.1) is 6.20 Å². The van der Waals surface area contributed by atoms with Crippen molar-refractivity contribution in [2.45, 2.75) is 6.92 Å². The van der Waals surface area contributed by atoms with Crippen molar-refractivity contribution in [3.8, 4) is 0 Å². The van der Waals surface area contributed by atoms with E-state index in [0.717, 1.165) is 32.7 Å². The van der Waals surface area contributed by atoms with Crippen molar-refractivity contribution >= 4 is 5.91 Å². The maximum absolute atomic E-state index is 11.8. The Morgan fingerprint density at radius 3 is 2.73 bits per heavy atom. The number of aromatic amines is 1. The molecule has 0 aliphatic carbocycles. The summed E-state index contributed by atoms with van der Waals surface area (Å²) >= 11 is 0. The topological polar surface area (TPSA) is 65.1 Å². The highest BCUT2D eigenvalue weighted by Gasteiger charge is 2.22. The Labute approximate surface area is 88.2 Å². The zero-order valence-corrected chi connectivity index (χ0v) is 8.81. The molecule has 82 valence electrons. The van der Waals surface area contributed by atoms with Gasteiger partial charge in [0.1, 0.15) is 0 Å². The average molecular weight is 209 g/mol. The van der Waals surface area contributed by atoms with Crippen molar-refractivity contribution in [3.05, 3.63) is 11.9 Å². The molecule has 1 aliphatic rings. The van der Waals surface area contributed by atoms with E-state index < -0.39 is 0 Å². The normalized spacial score (nSPS) is 18.1. The molecule has 1 saturated heterocycles. The molecule has 6 heteroatoms. The summed E-state index contributed by atoms with van der Waals surface area (Å²) in [6, 6.07) is 0. The van der Waals surface area contributed by atoms with Crippen LogP contribution in [0.1, 0.15) is 17.4 Å². The van der Waals surface area contributed by atoms with Crippen LogP contribution in [0.3, 0.4) is 0 Å². The molecule has 1 fully saturated rings. The SMILES string of the molecule is CCN1CCN(C(=O)c2cn[nH]n2)CC1. The highest BCUT2D eigenvalue weighted by atomic mass is 16.2. The monoisotopic (exact) mass is 209 g/mol. The second-order valence-corrected chi connectivity index (χ2v) is 3.58. The number of H-pyrrole nitrogens is 1. The minimum Gasteiger partial charge on any atom is -0.335 e. The van der Waals surface area contributed by atoms with Gasteiger partial charge in [0.15, 0.2) is 5.69 Å². The first-order chi connectivity index (χ1) is 7.31. The zero-order valence-electron chi connectivity index (χ0n) is 8.81. The fourth-order valence-electron chi connectivity index (χ4n) is 1.73. The molecule has 0 radical (unpaired) electrons. The van der Waals surface area contributed by atoms with Gasteiger partial charge in [0, 0.05) is 26.2 Å². The maximum Gasteiger partial charge on any atom is 0.276 e. The molecule has 1 aliphatic heterocycles. The van der Waals surface area contributed by atoms with Crippen molar-refractivity contribution in [3.63, 3.8) is 0 Å². The molecule has 1 aromatic rings. The molecule has 0 saturated carbocycles. The van der Waals surface area contributed by atoms with E-state index in [-0.39, 0.29) is 5.91 Å². The molecule has 1 amide bonds. The van der Waals surface area contributed by atoms with Gasteiger partial charge in [-0.05, 0) is 6.54 Å². The number of likely N-dealkylation sites (N-methyl/N-ethyl adjacent to an activating group) is 1. The number of amides is 1. The van der Waals surface area contributed by atoms with Crippen molar-refractivity contribution in [2.75, 3.05) is 32.7 Å². The van der Waals surface area contributed by atoms with Gasteiger partial charge in [0.2, 0.25) is 0 Å². The van der Waals surface area contributed by atoms with Gasteiger partial charge < -0.3 is 9.80 Å². The Morgan fingerprint density at radius 1 is 1.47 bits per heavy atom. The summed E-state index contributed by atoms with van der Waals surface area (Å²) in [6.45, 7) is 6.63. The number of carbonyl (C=O) groups excluding carboxylic acids is 1. The van der Waals surface area contributed by atoms with Crippen LogP contribution in [0.15, 0.2) is 6.20 Å². The molecule has 6 nitrogen and oxygen atoms in total. The average Bonchev–Trinajstić information content (AvgIpc) is 2.82. The summed E-state index contributed by atoms with van der Waals surface area (Å²) in [5.74, 6) is -0.0282. The molecular formula is C9H15N5O. The second-order valence-electron chi connectivity index (χ2n) is 3.58. The number of carbonyl (C=O) groups is 1. The van der Waals surface area contributed by atoms with Crippen LogP contribution < -0.4 is 0 Å². The molecule has 2 rings (SSSR count). The van der Waals surface area contributed by atoms with Gasteiger partial charge in [0.25, 0.3) is 5.91 Å². The third-order valence-electron chi connectivity index (χ3n) is 2.74. The van der Waals surface area contributed by atoms with Crippen LogP contribution in [-0.2, 0) is 0 Å². The largest absolute Gasteiger partial charge is 0.335 e. The van der Waals surface area contributed by atoms with E-state index in [4.69, 9.17) is 0 Å². The number of aromatic nitrogens is 3. The van der Waals surface area contributed by atoms with Crippen LogP contribution in [0, 0.1) is 0 Å². The summed E-state index contributed by atoms with van der Waals surface area (Å²) in [6.07, 6.45) is 1.47. The van der Waals surface area contributed by atoms with Crippen LogP contribution in [0.2, 0.25) is 0 Å². The molecular weight excluding hydrogens is 194 g/mol. The van der Waals surface area contributed by atoms with Gasteiger partial charge in [-0.25, -0.2) is 0 Å². The van der Waals surface area contributed by atoms with E-state index in [9.17, 15) is 4.79 Å². The van der Waals surface area contributed by atoms with Gasteiger partial charge in [-0.1, -0.05) is 6.92 Å². The standard InChI is InChI=1S/C9H15N5O/c1-2-13-3-5-14(6-4-13)9(15)8-7-10-12-11-8/h7H,2-6H2,1H3,(H,10,11,12). The fourth-order valence-corrected chi connectivity index (χ4v) is 1.73. The number of hydrogen-bond acceptors (Lipinski definition) is 4. The maximum atomic E-state index is 11.8. The van der Waals surface area contributed by atoms with Crippen molar-refractivity contribution in [1.29, 1.82) is 0 Å². The minimum atomic E-state index is -0.0282. The fraction of sp³-hybridized carbons (Fsp3) is 0.667. The van der Waals surface area contributed by atoms with Crippen molar-refractivity contribution in [2.24, 2.45) is 0 Å². The number of nitrogens with zero attached hydrogens (tertiary/aromatic N) is 4. The lowest BCUT2D eigenvalue weighted by Crippen LogP contribution is -2.48. The Kier molecular flexibility index (Phi) is 2.96. The van der Waals surface area contributed by atoms with E-state index in [1.165, 1.54) is 6.20 Å². The van der Waals surface area contributed by atoms with Crippen LogP contribution in [0.5, 0.6) is 0 Å². The van der Waals surface area contributed by atoms with Crippen LogP contribution >= 0.6 is 0 Å². The molecule has 1 aromatic heterocycles.